The first-order valence-electron chi connectivity index (χ1n) is 7.58. The van der Waals surface area contributed by atoms with Crippen molar-refractivity contribution in [2.24, 2.45) is 5.16 Å². The summed E-state index contributed by atoms with van der Waals surface area (Å²) in [6, 6.07) is -1.42. The highest BCUT2D eigenvalue weighted by Gasteiger charge is 2.53. The number of carboxylic acid groups (broad SMARTS) is 1. The van der Waals surface area contributed by atoms with Crippen molar-refractivity contribution < 1.29 is 24.7 Å². The lowest BCUT2D eigenvalue weighted by molar-refractivity contribution is -0.155. The summed E-state index contributed by atoms with van der Waals surface area (Å²) < 4.78 is 0.0652. The molecule has 13 heteroatoms. The Morgan fingerprint density at radius 3 is 2.74 bits per heavy atom. The average molecular weight is 432 g/mol. The van der Waals surface area contributed by atoms with Gasteiger partial charge >= 0.3 is 5.97 Å². The molecule has 1 aromatic heterocycles. The first kappa shape index (κ1) is 19.5. The first-order chi connectivity index (χ1) is 12.8. The minimum absolute atomic E-state index is 0.0550. The number of anilines is 1. The summed E-state index contributed by atoms with van der Waals surface area (Å²) in [5, 5.41) is 24.1. The van der Waals surface area contributed by atoms with Gasteiger partial charge in [-0.15, -0.1) is 11.8 Å². The van der Waals surface area contributed by atoms with Gasteiger partial charge in [-0.25, -0.2) is 9.78 Å². The number of hydrogen-bond donors (Lipinski definition) is 4. The third-order valence-electron chi connectivity index (χ3n) is 4.27. The number of rotatable bonds is 5. The molecule has 0 radical (unpaired) electrons. The Balaban J connectivity index is 1.79. The molecule has 0 saturated carbocycles. The van der Waals surface area contributed by atoms with E-state index in [2.05, 4.69) is 15.5 Å². The van der Waals surface area contributed by atoms with Gasteiger partial charge in [0.25, 0.3) is 11.8 Å². The maximum atomic E-state index is 12.5. The molecule has 2 aliphatic heterocycles. The minimum atomic E-state index is -1.19. The zero-order chi connectivity index (χ0) is 19.9. The number of β-lactam (4-membered cyclic amide) rings is 1. The van der Waals surface area contributed by atoms with Gasteiger partial charge in [0.2, 0.25) is 0 Å². The van der Waals surface area contributed by atoms with Crippen LogP contribution in [-0.2, 0) is 14.4 Å². The van der Waals surface area contributed by atoms with Gasteiger partial charge in [-0.3, -0.25) is 14.5 Å². The van der Waals surface area contributed by atoms with Crippen molar-refractivity contribution in [2.75, 3.05) is 12.0 Å². The van der Waals surface area contributed by atoms with Gasteiger partial charge in [0.15, 0.2) is 10.8 Å². The average Bonchev–Trinajstić information content (AvgIpc) is 2.96. The molecule has 144 valence electrons. The minimum Gasteiger partial charge on any atom is -0.477 e. The Bertz CT molecular complexity index is 898. The molecule has 2 amide bonds. The Morgan fingerprint density at radius 1 is 1.52 bits per heavy atom. The molecule has 5 N–H and O–H groups in total. The Kier molecular flexibility index (Phi) is 5.31. The number of hydrogen-bond acceptors (Lipinski definition) is 9. The molecule has 1 fully saturated rings. The standard InChI is InChI=1S/C14H14ClN5O5S2/c1-26-5-3-2-4-6(12(22)20(4)9(5)13(23)24)17-11(21)8(19-25)7-10(15)27-14(16)18-7/h4,6,25H,2-3H2,1H3,(H2,16,18)(H,17,21)(H,23,24)/b19-8-/t4?,6-/m0/s1. The molecule has 0 spiro atoms. The fourth-order valence-corrected chi connectivity index (χ4v) is 4.73. The number of allylic oxidation sites excluding steroid dienone is 1. The number of aliphatic carboxylic acids is 1. The summed E-state index contributed by atoms with van der Waals surface area (Å²) in [5.74, 6) is -2.60. The van der Waals surface area contributed by atoms with E-state index in [4.69, 9.17) is 17.3 Å². The molecule has 0 aromatic carbocycles. The quantitative estimate of drug-likeness (QED) is 0.229. The van der Waals surface area contributed by atoms with Gasteiger partial charge in [0, 0.05) is 4.91 Å². The number of halogens is 1. The number of thioether (sulfide) groups is 1. The number of aromatic nitrogens is 1. The molecular weight excluding hydrogens is 418 g/mol. The summed E-state index contributed by atoms with van der Waals surface area (Å²) in [7, 11) is 0. The van der Waals surface area contributed by atoms with E-state index in [-0.39, 0.29) is 20.9 Å². The second kappa shape index (κ2) is 7.37. The van der Waals surface area contributed by atoms with E-state index in [0.29, 0.717) is 17.7 Å². The predicted octanol–water partition coefficient (Wildman–Crippen LogP) is 0.706. The van der Waals surface area contributed by atoms with Crippen LogP contribution in [0.1, 0.15) is 18.5 Å². The molecule has 0 bridgehead atoms. The highest BCUT2D eigenvalue weighted by Crippen LogP contribution is 2.40. The second-order valence-electron chi connectivity index (χ2n) is 5.67. The van der Waals surface area contributed by atoms with Crippen molar-refractivity contribution in [1.82, 2.24) is 15.2 Å². The van der Waals surface area contributed by atoms with E-state index < -0.39 is 35.6 Å². The first-order valence-corrected chi connectivity index (χ1v) is 10.0. The van der Waals surface area contributed by atoms with Crippen molar-refractivity contribution in [2.45, 2.75) is 24.9 Å². The molecule has 3 rings (SSSR count). The Morgan fingerprint density at radius 2 is 2.22 bits per heavy atom. The maximum absolute atomic E-state index is 12.5. The number of nitrogens with zero attached hydrogens (tertiary/aromatic N) is 3. The number of fused-ring (bicyclic) bond motifs is 1. The van der Waals surface area contributed by atoms with Crippen LogP contribution in [0.25, 0.3) is 0 Å². The Hall–Kier alpha value is -2.31. The lowest BCUT2D eigenvalue weighted by Gasteiger charge is -2.50. The number of thiazole rings is 1. The zero-order valence-electron chi connectivity index (χ0n) is 13.8. The number of nitrogens with one attached hydrogen (secondary N) is 1. The van der Waals surface area contributed by atoms with Gasteiger partial charge in [0.1, 0.15) is 21.8 Å². The summed E-state index contributed by atoms with van der Waals surface area (Å²) in [6.45, 7) is 0. The van der Waals surface area contributed by atoms with Crippen molar-refractivity contribution >= 4 is 63.3 Å². The number of carbonyl (C=O) groups is 3. The van der Waals surface area contributed by atoms with Crippen molar-refractivity contribution in [3.8, 4) is 0 Å². The van der Waals surface area contributed by atoms with Gasteiger partial charge in [-0.2, -0.15) is 0 Å². The number of carboxylic acids is 1. The number of carbonyl (C=O) groups excluding carboxylic acids is 2. The fourth-order valence-electron chi connectivity index (χ4n) is 3.10. The fraction of sp³-hybridized carbons (Fsp3) is 0.357. The van der Waals surface area contributed by atoms with Crippen molar-refractivity contribution in [1.29, 1.82) is 0 Å². The highest BCUT2D eigenvalue weighted by molar-refractivity contribution is 8.02. The normalized spacial score (nSPS) is 22.4. The van der Waals surface area contributed by atoms with E-state index in [1.165, 1.54) is 16.7 Å². The highest BCUT2D eigenvalue weighted by atomic mass is 35.5. The SMILES string of the molecule is CSC1=C(C(=O)O)N2C(=O)[C@@H](NC(=O)/C(=N\O)c3nc(N)sc3Cl)C2CC1. The van der Waals surface area contributed by atoms with Crippen LogP contribution < -0.4 is 11.1 Å². The predicted molar refractivity (Wildman–Crippen MR) is 99.8 cm³/mol. The molecular formula is C14H14ClN5O5S2. The second-order valence-corrected chi connectivity index (χ2v) is 8.20. The smallest absolute Gasteiger partial charge is 0.353 e. The number of nitrogen functional groups attached to an aromatic ring is 1. The molecule has 1 unspecified atom stereocenters. The van der Waals surface area contributed by atoms with Crippen LogP contribution in [0.2, 0.25) is 4.34 Å². The van der Waals surface area contributed by atoms with Gasteiger partial charge < -0.3 is 21.4 Å². The lowest BCUT2D eigenvalue weighted by atomic mass is 9.86. The molecule has 2 aliphatic rings. The van der Waals surface area contributed by atoms with E-state index in [0.717, 1.165) is 11.3 Å². The maximum Gasteiger partial charge on any atom is 0.353 e. The molecule has 2 atom stereocenters. The molecule has 3 heterocycles. The summed E-state index contributed by atoms with van der Waals surface area (Å²) in [4.78, 5) is 42.1. The number of oxime groups is 1. The topological polar surface area (TPSA) is 158 Å². The van der Waals surface area contributed by atoms with Crippen LogP contribution in [0, 0.1) is 0 Å². The lowest BCUT2D eigenvalue weighted by Crippen LogP contribution is -2.72. The van der Waals surface area contributed by atoms with Gasteiger partial charge in [-0.1, -0.05) is 28.1 Å². The molecule has 1 aromatic rings. The number of amides is 2. The third-order valence-corrected chi connectivity index (χ3v) is 6.24. The van der Waals surface area contributed by atoms with E-state index in [1.54, 1.807) is 6.26 Å². The molecule has 27 heavy (non-hydrogen) atoms. The van der Waals surface area contributed by atoms with E-state index in [1.807, 2.05) is 0 Å². The largest absolute Gasteiger partial charge is 0.477 e. The van der Waals surface area contributed by atoms with Crippen LogP contribution >= 0.6 is 34.7 Å². The third kappa shape index (κ3) is 3.24. The Labute approximate surface area is 166 Å². The van der Waals surface area contributed by atoms with Crippen LogP contribution in [-0.4, -0.2) is 62.0 Å². The summed E-state index contributed by atoms with van der Waals surface area (Å²) >= 11 is 8.11. The monoisotopic (exact) mass is 431 g/mol. The van der Waals surface area contributed by atoms with Gasteiger partial charge in [0.05, 0.1) is 6.04 Å². The van der Waals surface area contributed by atoms with Crippen LogP contribution in [0.3, 0.4) is 0 Å². The van der Waals surface area contributed by atoms with Crippen molar-refractivity contribution in [3.05, 3.63) is 20.6 Å². The number of nitrogens with two attached hydrogens (primary N) is 1. The van der Waals surface area contributed by atoms with Crippen molar-refractivity contribution in [3.63, 3.8) is 0 Å². The summed E-state index contributed by atoms with van der Waals surface area (Å²) in [6.07, 6.45) is 2.73. The van der Waals surface area contributed by atoms with Gasteiger partial charge in [-0.05, 0) is 19.1 Å². The molecule has 10 nitrogen and oxygen atoms in total. The molecule has 0 aliphatic carbocycles. The molecule has 1 saturated heterocycles. The summed E-state index contributed by atoms with van der Waals surface area (Å²) in [5.41, 5.74) is 4.89. The van der Waals surface area contributed by atoms with E-state index >= 15 is 0 Å². The van der Waals surface area contributed by atoms with Crippen LogP contribution in [0.4, 0.5) is 5.13 Å². The zero-order valence-corrected chi connectivity index (χ0v) is 16.2. The van der Waals surface area contributed by atoms with Crippen LogP contribution in [0.15, 0.2) is 15.8 Å². The van der Waals surface area contributed by atoms with Crippen LogP contribution in [0.5, 0.6) is 0 Å². The van der Waals surface area contributed by atoms with E-state index in [9.17, 15) is 24.7 Å².